The van der Waals surface area contributed by atoms with Gasteiger partial charge in [0.25, 0.3) is 5.91 Å². The minimum atomic E-state index is -0.595. The number of carbonyl (C=O) groups excluding carboxylic acids is 1. The Morgan fingerprint density at radius 2 is 1.91 bits per heavy atom. The van der Waals surface area contributed by atoms with Crippen LogP contribution in [0.25, 0.3) is 0 Å². The number of rotatable bonds is 5. The fourth-order valence-electron chi connectivity index (χ4n) is 1.99. The molecule has 0 bridgehead atoms. The van der Waals surface area contributed by atoms with Gasteiger partial charge >= 0.3 is 0 Å². The van der Waals surface area contributed by atoms with E-state index in [0.717, 1.165) is 0 Å². The molecule has 7 nitrogen and oxygen atoms in total. The molecule has 0 spiro atoms. The Hall–Kier alpha value is -3.14. The lowest BCUT2D eigenvalue weighted by Crippen LogP contribution is -2.14. The van der Waals surface area contributed by atoms with Crippen LogP contribution in [0.1, 0.15) is 28.5 Å². The molecule has 1 heterocycles. The Bertz CT molecular complexity index is 749. The van der Waals surface area contributed by atoms with Crippen molar-refractivity contribution < 1.29 is 14.3 Å². The summed E-state index contributed by atoms with van der Waals surface area (Å²) < 4.78 is 10.4. The summed E-state index contributed by atoms with van der Waals surface area (Å²) in [6.45, 7) is 2.53. The van der Waals surface area contributed by atoms with Crippen LogP contribution in [0.2, 0.25) is 0 Å². The number of nitrogens with zero attached hydrogens (tertiary/aromatic N) is 1. The third-order valence-corrected chi connectivity index (χ3v) is 3.04. The highest BCUT2D eigenvalue weighted by Gasteiger charge is 2.16. The Morgan fingerprint density at radius 1 is 1.26 bits per heavy atom. The van der Waals surface area contributed by atoms with E-state index < -0.39 is 5.91 Å². The van der Waals surface area contributed by atoms with Gasteiger partial charge in [0.05, 0.1) is 14.2 Å². The highest BCUT2D eigenvalue weighted by molar-refractivity contribution is 5.99. The van der Waals surface area contributed by atoms with E-state index in [1.54, 1.807) is 32.4 Å². The number of nitrogens with two attached hydrogens (primary N) is 1. The second-order valence-electron chi connectivity index (χ2n) is 4.57. The van der Waals surface area contributed by atoms with Crippen LogP contribution in [0.5, 0.6) is 11.5 Å². The third-order valence-electron chi connectivity index (χ3n) is 3.04. The molecule has 0 atom stereocenters. The number of carbonyl (C=O) groups is 1. The molecule has 0 aliphatic carbocycles. The number of nitrogens with one attached hydrogen (secondary N) is 2. The zero-order valence-corrected chi connectivity index (χ0v) is 13.2. The molecule has 4 N–H and O–H groups in total. The summed E-state index contributed by atoms with van der Waals surface area (Å²) in [5.41, 5.74) is 6.61. The van der Waals surface area contributed by atoms with Crippen molar-refractivity contribution in [2.75, 3.05) is 26.1 Å². The average Bonchev–Trinajstić information content (AvgIpc) is 2.95. The first kappa shape index (κ1) is 16.2. The molecule has 0 saturated heterocycles. The molecule has 23 heavy (non-hydrogen) atoms. The van der Waals surface area contributed by atoms with Crippen molar-refractivity contribution in [3.63, 3.8) is 0 Å². The number of benzene rings is 1. The van der Waals surface area contributed by atoms with Crippen LogP contribution < -0.4 is 20.5 Å². The van der Waals surface area contributed by atoms with Crippen LogP contribution in [0.3, 0.4) is 0 Å². The van der Waals surface area contributed by atoms with Gasteiger partial charge in [0.1, 0.15) is 28.6 Å². The van der Waals surface area contributed by atoms with Crippen LogP contribution in [-0.4, -0.2) is 36.9 Å². The fourth-order valence-corrected chi connectivity index (χ4v) is 1.99. The molecule has 0 radical (unpaired) electrons. The van der Waals surface area contributed by atoms with Gasteiger partial charge in [-0.2, -0.15) is 5.10 Å². The Balaban J connectivity index is 2.41. The first-order valence-electron chi connectivity index (χ1n) is 6.96. The van der Waals surface area contributed by atoms with Crippen LogP contribution in [0.15, 0.2) is 18.2 Å². The van der Waals surface area contributed by atoms with Gasteiger partial charge in [-0.25, -0.2) is 0 Å². The predicted octanol–water partition coefficient (Wildman–Crippen LogP) is 1.36. The van der Waals surface area contributed by atoms with E-state index in [4.69, 9.17) is 15.2 Å². The zero-order chi connectivity index (χ0) is 16.8. The highest BCUT2D eigenvalue weighted by Crippen LogP contribution is 2.22. The SMILES string of the molecule is CCNc1[nH]nc(C#Cc2cc(OC)cc(OC)c2)c1C(N)=O. The lowest BCUT2D eigenvalue weighted by Gasteiger charge is -2.04. The summed E-state index contributed by atoms with van der Waals surface area (Å²) in [7, 11) is 3.13. The number of hydrogen-bond donors (Lipinski definition) is 3. The molecule has 120 valence electrons. The minimum absolute atomic E-state index is 0.245. The monoisotopic (exact) mass is 314 g/mol. The third kappa shape index (κ3) is 3.74. The van der Waals surface area contributed by atoms with Crippen LogP contribution in [0, 0.1) is 11.8 Å². The summed E-state index contributed by atoms with van der Waals surface area (Å²) in [5, 5.41) is 9.74. The van der Waals surface area contributed by atoms with E-state index in [-0.39, 0.29) is 11.3 Å². The first-order valence-corrected chi connectivity index (χ1v) is 6.96. The van der Waals surface area contributed by atoms with Gasteiger partial charge in [-0.3, -0.25) is 9.89 Å². The summed E-state index contributed by atoms with van der Waals surface area (Å²) in [5.74, 6) is 6.90. The molecule has 7 heteroatoms. The van der Waals surface area contributed by atoms with Crippen molar-refractivity contribution >= 4 is 11.7 Å². The van der Waals surface area contributed by atoms with E-state index in [0.29, 0.717) is 29.4 Å². The summed E-state index contributed by atoms with van der Waals surface area (Å²) in [6, 6.07) is 5.27. The van der Waals surface area contributed by atoms with Crippen LogP contribution >= 0.6 is 0 Å². The summed E-state index contributed by atoms with van der Waals surface area (Å²) >= 11 is 0. The standard InChI is InChI=1S/C16H18N4O3/c1-4-18-16-14(15(17)21)13(19-20-16)6-5-10-7-11(22-2)9-12(8-10)23-3/h7-9H,4H2,1-3H3,(H2,17,21)(H2,18,19,20). The number of ether oxygens (including phenoxy) is 2. The second kappa shape index (κ2) is 7.22. The Kier molecular flexibility index (Phi) is 5.10. The van der Waals surface area contributed by atoms with Crippen molar-refractivity contribution in [3.8, 4) is 23.3 Å². The molecular formula is C16H18N4O3. The average molecular weight is 314 g/mol. The molecule has 0 aliphatic heterocycles. The van der Waals surface area contributed by atoms with Crippen LogP contribution in [0.4, 0.5) is 5.82 Å². The molecule has 2 rings (SSSR count). The fraction of sp³-hybridized carbons (Fsp3) is 0.250. The Labute approximate surface area is 134 Å². The molecule has 0 fully saturated rings. The number of amides is 1. The largest absolute Gasteiger partial charge is 0.497 e. The molecule has 1 amide bonds. The lowest BCUT2D eigenvalue weighted by molar-refractivity contribution is 0.100. The molecule has 0 saturated carbocycles. The number of aromatic amines is 1. The smallest absolute Gasteiger partial charge is 0.255 e. The number of methoxy groups -OCH3 is 2. The van der Waals surface area contributed by atoms with Crippen molar-refractivity contribution in [1.82, 2.24) is 10.2 Å². The summed E-state index contributed by atoms with van der Waals surface area (Å²) in [6.07, 6.45) is 0. The number of H-pyrrole nitrogens is 1. The molecule has 1 aromatic heterocycles. The Morgan fingerprint density at radius 3 is 2.43 bits per heavy atom. The van der Waals surface area contributed by atoms with Crippen molar-refractivity contribution in [2.24, 2.45) is 5.73 Å². The van der Waals surface area contributed by atoms with E-state index in [1.807, 2.05) is 6.92 Å². The molecule has 2 aromatic rings. The molecule has 1 aromatic carbocycles. The van der Waals surface area contributed by atoms with Gasteiger partial charge in [0.15, 0.2) is 0 Å². The van der Waals surface area contributed by atoms with E-state index in [1.165, 1.54) is 0 Å². The maximum absolute atomic E-state index is 11.6. The van der Waals surface area contributed by atoms with Crippen molar-refractivity contribution in [3.05, 3.63) is 35.0 Å². The van der Waals surface area contributed by atoms with Crippen LogP contribution in [-0.2, 0) is 0 Å². The number of hydrogen-bond acceptors (Lipinski definition) is 5. The molecule has 0 aliphatic rings. The quantitative estimate of drug-likeness (QED) is 0.723. The molecular weight excluding hydrogens is 296 g/mol. The maximum Gasteiger partial charge on any atom is 0.255 e. The van der Waals surface area contributed by atoms with Gasteiger partial charge in [0, 0.05) is 18.2 Å². The highest BCUT2D eigenvalue weighted by atomic mass is 16.5. The topological polar surface area (TPSA) is 102 Å². The van der Waals surface area contributed by atoms with Gasteiger partial charge in [-0.05, 0) is 25.0 Å². The van der Waals surface area contributed by atoms with Crippen molar-refractivity contribution in [2.45, 2.75) is 6.92 Å². The van der Waals surface area contributed by atoms with Gasteiger partial charge in [-0.15, -0.1) is 0 Å². The van der Waals surface area contributed by atoms with E-state index in [9.17, 15) is 4.79 Å². The molecule has 0 unspecified atom stereocenters. The number of anilines is 1. The van der Waals surface area contributed by atoms with E-state index >= 15 is 0 Å². The van der Waals surface area contributed by atoms with Gasteiger partial charge in [-0.1, -0.05) is 5.92 Å². The maximum atomic E-state index is 11.6. The number of primary amides is 1. The van der Waals surface area contributed by atoms with Crippen molar-refractivity contribution in [1.29, 1.82) is 0 Å². The van der Waals surface area contributed by atoms with Gasteiger partial charge < -0.3 is 20.5 Å². The van der Waals surface area contributed by atoms with Gasteiger partial charge in [0.2, 0.25) is 0 Å². The second-order valence-corrected chi connectivity index (χ2v) is 4.57. The zero-order valence-electron chi connectivity index (χ0n) is 13.2. The number of aromatic nitrogens is 2. The summed E-state index contributed by atoms with van der Waals surface area (Å²) in [4.78, 5) is 11.6. The van der Waals surface area contributed by atoms with E-state index in [2.05, 4.69) is 27.4 Å². The minimum Gasteiger partial charge on any atom is -0.497 e. The predicted molar refractivity (Wildman–Crippen MR) is 86.8 cm³/mol. The normalized spacial score (nSPS) is 9.70. The lowest BCUT2D eigenvalue weighted by atomic mass is 10.1. The first-order chi connectivity index (χ1) is 11.1.